The molecule has 1 unspecified atom stereocenters. The Kier molecular flexibility index (Phi) is 6.85. The summed E-state index contributed by atoms with van der Waals surface area (Å²) in [6, 6.07) is 6.43. The summed E-state index contributed by atoms with van der Waals surface area (Å²) in [5.41, 5.74) is 1.47. The Morgan fingerprint density at radius 1 is 1.35 bits per heavy atom. The van der Waals surface area contributed by atoms with Gasteiger partial charge in [-0.05, 0) is 25.0 Å². The van der Waals surface area contributed by atoms with Gasteiger partial charge in [-0.3, -0.25) is 4.57 Å². The average molecular weight is 474 g/mol. The predicted molar refractivity (Wildman–Crippen MR) is 116 cm³/mol. The zero-order valence-corrected chi connectivity index (χ0v) is 18.7. The molecule has 0 aliphatic carbocycles. The number of benzene rings is 1. The van der Waals surface area contributed by atoms with Gasteiger partial charge < -0.3 is 24.7 Å². The number of anilines is 1. The standard InChI is InChI=1S/C19H23ClF2N5O3P/c1-4-29-31(28,30-5-2)19(21,22)12(3)14-9-7-6-8-13(14)10-27-11-24-15-16(20)25-18(23)26-17(15)27/h6-9,11,16H,3-5,10H2,1-2H3,(H3,23,25,26). The van der Waals surface area contributed by atoms with Gasteiger partial charge in [0, 0.05) is 5.57 Å². The average Bonchev–Trinajstić information content (AvgIpc) is 3.11. The molecule has 1 aliphatic rings. The molecule has 3 N–H and O–H groups in total. The Balaban J connectivity index is 1.97. The third-order valence-corrected chi connectivity index (χ3v) is 7.04. The zero-order chi connectivity index (χ0) is 22.8. The summed E-state index contributed by atoms with van der Waals surface area (Å²) in [7, 11) is -4.78. The lowest BCUT2D eigenvalue weighted by Crippen LogP contribution is -2.28. The smallest absolute Gasteiger partial charge is 0.370 e. The highest BCUT2D eigenvalue weighted by Crippen LogP contribution is 2.66. The lowest BCUT2D eigenvalue weighted by Gasteiger charge is -2.28. The molecule has 0 bridgehead atoms. The molecular formula is C19H23ClF2N5O3P. The summed E-state index contributed by atoms with van der Waals surface area (Å²) in [4.78, 5) is 8.22. The summed E-state index contributed by atoms with van der Waals surface area (Å²) in [5.74, 6) is 0.627. The highest BCUT2D eigenvalue weighted by atomic mass is 35.5. The third kappa shape index (κ3) is 4.39. The number of halogens is 3. The highest BCUT2D eigenvalue weighted by Gasteiger charge is 2.56. The van der Waals surface area contributed by atoms with E-state index in [1.807, 2.05) is 0 Å². The number of nitrogens with two attached hydrogens (primary N) is 1. The van der Waals surface area contributed by atoms with E-state index in [0.29, 0.717) is 17.1 Å². The molecule has 0 saturated carbocycles. The number of imidazole rings is 1. The number of nitrogens with zero attached hydrogens (tertiary/aromatic N) is 3. The van der Waals surface area contributed by atoms with Crippen molar-refractivity contribution in [2.24, 2.45) is 10.7 Å². The van der Waals surface area contributed by atoms with Crippen molar-refractivity contribution in [1.29, 1.82) is 0 Å². The molecule has 31 heavy (non-hydrogen) atoms. The van der Waals surface area contributed by atoms with E-state index in [0.717, 1.165) is 0 Å². The number of fused-ring (bicyclic) bond motifs is 1. The van der Waals surface area contributed by atoms with Crippen LogP contribution in [0.15, 0.2) is 42.2 Å². The van der Waals surface area contributed by atoms with Crippen LogP contribution in [0.5, 0.6) is 0 Å². The first-order valence-corrected chi connectivity index (χ1v) is 11.5. The van der Waals surface area contributed by atoms with Crippen LogP contribution < -0.4 is 11.1 Å². The van der Waals surface area contributed by atoms with E-state index in [9.17, 15) is 4.57 Å². The van der Waals surface area contributed by atoms with Gasteiger partial charge >= 0.3 is 13.3 Å². The van der Waals surface area contributed by atoms with Gasteiger partial charge in [-0.2, -0.15) is 8.78 Å². The topological polar surface area (TPSA) is 104 Å². The quantitative estimate of drug-likeness (QED) is 0.308. The minimum absolute atomic E-state index is 0.118. The fourth-order valence-corrected chi connectivity index (χ4v) is 4.96. The molecule has 0 saturated heterocycles. The minimum Gasteiger partial charge on any atom is -0.370 e. The van der Waals surface area contributed by atoms with Crippen LogP contribution in [0.25, 0.3) is 5.57 Å². The van der Waals surface area contributed by atoms with Crippen molar-refractivity contribution in [2.75, 3.05) is 18.5 Å². The van der Waals surface area contributed by atoms with Gasteiger partial charge in [0.25, 0.3) is 0 Å². The van der Waals surface area contributed by atoms with Gasteiger partial charge in [-0.25, -0.2) is 9.98 Å². The molecular weight excluding hydrogens is 451 g/mol. The summed E-state index contributed by atoms with van der Waals surface area (Å²) in [5, 5.41) is 2.88. The van der Waals surface area contributed by atoms with Crippen molar-refractivity contribution in [2.45, 2.75) is 31.6 Å². The number of hydrogen-bond donors (Lipinski definition) is 2. The number of hydrogen-bond acceptors (Lipinski definition) is 7. The first-order chi connectivity index (χ1) is 14.6. The van der Waals surface area contributed by atoms with Crippen molar-refractivity contribution < 1.29 is 22.4 Å². The van der Waals surface area contributed by atoms with Crippen LogP contribution in [0.1, 0.15) is 36.2 Å². The van der Waals surface area contributed by atoms with Crippen molar-refractivity contribution in [3.8, 4) is 0 Å². The molecule has 0 radical (unpaired) electrons. The SMILES string of the molecule is C=C(c1ccccc1Cn1cnc2c1NC(N)=NC2Cl)C(F)(F)P(=O)(OCC)OCC. The van der Waals surface area contributed by atoms with Crippen LogP contribution in [0.3, 0.4) is 0 Å². The molecule has 2 aromatic rings. The monoisotopic (exact) mass is 473 g/mol. The Morgan fingerprint density at radius 2 is 2.00 bits per heavy atom. The molecule has 8 nitrogen and oxygen atoms in total. The van der Waals surface area contributed by atoms with Crippen LogP contribution in [0, 0.1) is 0 Å². The van der Waals surface area contributed by atoms with Gasteiger partial charge in [0.15, 0.2) is 11.5 Å². The van der Waals surface area contributed by atoms with Crippen molar-refractivity contribution in [3.63, 3.8) is 0 Å². The lowest BCUT2D eigenvalue weighted by molar-refractivity contribution is 0.0874. The van der Waals surface area contributed by atoms with E-state index in [1.165, 1.54) is 26.2 Å². The molecule has 0 spiro atoms. The molecule has 0 amide bonds. The summed E-state index contributed by atoms with van der Waals surface area (Å²) < 4.78 is 54.8. The maximum Gasteiger partial charge on any atom is 0.404 e. The van der Waals surface area contributed by atoms with Gasteiger partial charge in [-0.1, -0.05) is 42.4 Å². The molecule has 2 heterocycles. The Hall–Kier alpha value is -2.26. The molecule has 3 rings (SSSR count). The molecule has 1 aromatic carbocycles. The molecule has 168 valence electrons. The van der Waals surface area contributed by atoms with E-state index < -0.39 is 24.3 Å². The van der Waals surface area contributed by atoms with Crippen LogP contribution in [-0.2, 0) is 20.2 Å². The number of allylic oxidation sites excluding steroid dienone is 1. The number of aromatic nitrogens is 2. The molecule has 12 heteroatoms. The highest BCUT2D eigenvalue weighted by molar-refractivity contribution is 7.55. The van der Waals surface area contributed by atoms with Crippen LogP contribution in [0.2, 0.25) is 0 Å². The van der Waals surface area contributed by atoms with E-state index in [1.54, 1.807) is 22.8 Å². The number of nitrogens with one attached hydrogen (secondary N) is 1. The number of guanidine groups is 1. The number of aliphatic imine (C=N–C) groups is 1. The number of rotatable bonds is 9. The van der Waals surface area contributed by atoms with E-state index in [4.69, 9.17) is 26.4 Å². The van der Waals surface area contributed by atoms with Crippen molar-refractivity contribution >= 4 is 36.5 Å². The largest absolute Gasteiger partial charge is 0.404 e. The van der Waals surface area contributed by atoms with Gasteiger partial charge in [0.2, 0.25) is 0 Å². The number of alkyl halides is 3. The molecule has 0 fully saturated rings. The first kappa shape index (κ1) is 23.4. The van der Waals surface area contributed by atoms with Crippen LogP contribution >= 0.6 is 19.2 Å². The van der Waals surface area contributed by atoms with Crippen molar-refractivity contribution in [1.82, 2.24) is 9.55 Å². The van der Waals surface area contributed by atoms with E-state index in [-0.39, 0.29) is 31.3 Å². The lowest BCUT2D eigenvalue weighted by atomic mass is 10.0. The Labute approximate surface area is 183 Å². The third-order valence-electron chi connectivity index (χ3n) is 4.58. The Morgan fingerprint density at radius 3 is 2.65 bits per heavy atom. The second kappa shape index (κ2) is 9.08. The minimum atomic E-state index is -4.78. The summed E-state index contributed by atoms with van der Waals surface area (Å²) in [6.07, 6.45) is 1.50. The van der Waals surface area contributed by atoms with Gasteiger partial charge in [0.05, 0.1) is 26.1 Å². The van der Waals surface area contributed by atoms with Gasteiger partial charge in [0.1, 0.15) is 11.5 Å². The first-order valence-electron chi connectivity index (χ1n) is 9.48. The van der Waals surface area contributed by atoms with Crippen LogP contribution in [-0.4, -0.2) is 34.4 Å². The fourth-order valence-electron chi connectivity index (χ4n) is 3.17. The maximum absolute atomic E-state index is 15.3. The van der Waals surface area contributed by atoms with Crippen LogP contribution in [0.4, 0.5) is 14.6 Å². The zero-order valence-electron chi connectivity index (χ0n) is 17.0. The van der Waals surface area contributed by atoms with E-state index in [2.05, 4.69) is 21.9 Å². The second-order valence-electron chi connectivity index (χ2n) is 6.59. The van der Waals surface area contributed by atoms with Gasteiger partial charge in [-0.15, -0.1) is 0 Å². The molecule has 1 aromatic heterocycles. The van der Waals surface area contributed by atoms with Crippen molar-refractivity contribution in [3.05, 3.63) is 54.0 Å². The molecule has 1 atom stereocenters. The fraction of sp³-hybridized carbons (Fsp3) is 0.368. The Bertz CT molecular complexity index is 1050. The van der Waals surface area contributed by atoms with E-state index >= 15 is 8.78 Å². The summed E-state index contributed by atoms with van der Waals surface area (Å²) in [6.45, 7) is 6.23. The maximum atomic E-state index is 15.3. The molecule has 1 aliphatic heterocycles. The normalized spacial score (nSPS) is 16.4. The predicted octanol–water partition coefficient (Wildman–Crippen LogP) is 4.78. The summed E-state index contributed by atoms with van der Waals surface area (Å²) >= 11 is 6.15. The second-order valence-corrected chi connectivity index (χ2v) is 9.08.